The molecular formula is C30H30ClN5O3S. The lowest BCUT2D eigenvalue weighted by atomic mass is 9.99. The van der Waals surface area contributed by atoms with Crippen LogP contribution in [0.1, 0.15) is 21.6 Å². The van der Waals surface area contributed by atoms with Crippen LogP contribution in [0.5, 0.6) is 0 Å². The van der Waals surface area contributed by atoms with Crippen LogP contribution in [-0.4, -0.2) is 50.4 Å². The molecule has 8 nitrogen and oxygen atoms in total. The number of sulfonamides is 1. The second kappa shape index (κ2) is 11.7. The molecule has 1 saturated heterocycles. The van der Waals surface area contributed by atoms with Crippen LogP contribution in [0.4, 0.5) is 11.4 Å². The molecule has 1 amide bonds. The van der Waals surface area contributed by atoms with Crippen molar-refractivity contribution in [1.29, 1.82) is 0 Å². The predicted molar refractivity (Wildman–Crippen MR) is 159 cm³/mol. The number of piperazine rings is 1. The number of hydrogen-bond donors (Lipinski definition) is 2. The van der Waals surface area contributed by atoms with Crippen molar-refractivity contribution < 1.29 is 13.2 Å². The average molecular weight is 576 g/mol. The molecule has 1 aliphatic heterocycles. The molecule has 0 radical (unpaired) electrons. The molecule has 0 saturated carbocycles. The van der Waals surface area contributed by atoms with Crippen molar-refractivity contribution in [2.24, 2.45) is 0 Å². The van der Waals surface area contributed by atoms with Gasteiger partial charge in [0.25, 0.3) is 15.9 Å². The van der Waals surface area contributed by atoms with Crippen molar-refractivity contribution >= 4 is 38.9 Å². The topological polar surface area (TPSA) is 109 Å². The quantitative estimate of drug-likeness (QED) is 0.307. The molecule has 0 aliphatic carbocycles. The van der Waals surface area contributed by atoms with Gasteiger partial charge in [-0.15, -0.1) is 0 Å². The van der Waals surface area contributed by atoms with Gasteiger partial charge < -0.3 is 10.6 Å². The number of aromatic nitrogens is 1. The maximum absolute atomic E-state index is 12.7. The summed E-state index contributed by atoms with van der Waals surface area (Å²) in [7, 11) is -4.05. The van der Waals surface area contributed by atoms with Crippen molar-refractivity contribution in [1.82, 2.24) is 14.6 Å². The maximum Gasteiger partial charge on any atom is 0.283 e. The summed E-state index contributed by atoms with van der Waals surface area (Å²) in [6, 6.07) is 24.0. The van der Waals surface area contributed by atoms with Crippen molar-refractivity contribution in [3.8, 4) is 11.1 Å². The van der Waals surface area contributed by atoms with E-state index in [-0.39, 0.29) is 10.6 Å². The number of nitrogens with one attached hydrogen (secondary N) is 1. The van der Waals surface area contributed by atoms with Crippen molar-refractivity contribution in [3.05, 3.63) is 107 Å². The van der Waals surface area contributed by atoms with Gasteiger partial charge in [0.1, 0.15) is 5.69 Å². The van der Waals surface area contributed by atoms with E-state index in [1.807, 2.05) is 24.3 Å². The van der Waals surface area contributed by atoms with Gasteiger partial charge in [0, 0.05) is 43.4 Å². The Hall–Kier alpha value is -3.92. The summed E-state index contributed by atoms with van der Waals surface area (Å²) in [6.07, 6.45) is 1.61. The van der Waals surface area contributed by atoms with Gasteiger partial charge >= 0.3 is 0 Å². The third kappa shape index (κ3) is 6.28. The molecule has 1 aliphatic rings. The first kappa shape index (κ1) is 27.6. The number of anilines is 2. The Morgan fingerprint density at radius 2 is 1.70 bits per heavy atom. The molecule has 3 aromatic carbocycles. The van der Waals surface area contributed by atoms with E-state index in [9.17, 15) is 13.2 Å². The molecule has 206 valence electrons. The van der Waals surface area contributed by atoms with E-state index in [0.29, 0.717) is 11.3 Å². The van der Waals surface area contributed by atoms with Gasteiger partial charge in [-0.05, 0) is 71.6 Å². The average Bonchev–Trinajstić information content (AvgIpc) is 2.95. The SMILES string of the molecule is Cc1cc(S(=O)(=O)NC(=O)c2ccc(N3CCN(Cc4ccccc4-c4ccc(Cl)cc4)CC3)cn2)ccc1N. The molecule has 5 rings (SSSR count). The maximum atomic E-state index is 12.7. The van der Waals surface area contributed by atoms with Crippen LogP contribution in [-0.2, 0) is 16.6 Å². The first-order valence-corrected chi connectivity index (χ1v) is 14.8. The first-order chi connectivity index (χ1) is 19.2. The molecule has 0 atom stereocenters. The highest BCUT2D eigenvalue weighted by Gasteiger charge is 2.22. The highest BCUT2D eigenvalue weighted by atomic mass is 35.5. The number of nitrogens with two attached hydrogens (primary N) is 1. The van der Waals surface area contributed by atoms with Gasteiger partial charge in [-0.1, -0.05) is 48.0 Å². The largest absolute Gasteiger partial charge is 0.399 e. The number of carbonyl (C=O) groups is 1. The van der Waals surface area contributed by atoms with E-state index in [1.165, 1.54) is 29.3 Å². The Bertz CT molecular complexity index is 1620. The van der Waals surface area contributed by atoms with Crippen LogP contribution in [0.15, 0.2) is 90.0 Å². The molecule has 0 bridgehead atoms. The molecule has 4 aromatic rings. The number of rotatable bonds is 7. The van der Waals surface area contributed by atoms with Crippen LogP contribution in [0.2, 0.25) is 5.02 Å². The lowest BCUT2D eigenvalue weighted by molar-refractivity contribution is 0.0976. The van der Waals surface area contributed by atoms with E-state index < -0.39 is 15.9 Å². The fourth-order valence-corrected chi connectivity index (χ4v) is 5.90. The molecule has 3 N–H and O–H groups in total. The summed E-state index contributed by atoms with van der Waals surface area (Å²) < 4.78 is 27.4. The van der Waals surface area contributed by atoms with Crippen molar-refractivity contribution in [2.45, 2.75) is 18.4 Å². The zero-order chi connectivity index (χ0) is 28.3. The lowest BCUT2D eigenvalue weighted by Gasteiger charge is -2.36. The highest BCUT2D eigenvalue weighted by Crippen LogP contribution is 2.27. The van der Waals surface area contributed by atoms with Gasteiger partial charge in [0.05, 0.1) is 16.8 Å². The number of amides is 1. The molecule has 1 aromatic heterocycles. The normalized spacial score (nSPS) is 14.2. The third-order valence-electron chi connectivity index (χ3n) is 7.06. The van der Waals surface area contributed by atoms with E-state index in [2.05, 4.69) is 43.8 Å². The Kier molecular flexibility index (Phi) is 8.07. The van der Waals surface area contributed by atoms with Crippen LogP contribution in [0.25, 0.3) is 11.1 Å². The molecular weight excluding hydrogens is 546 g/mol. The van der Waals surface area contributed by atoms with Crippen molar-refractivity contribution in [2.75, 3.05) is 36.8 Å². The number of halogens is 1. The van der Waals surface area contributed by atoms with E-state index in [0.717, 1.165) is 49.0 Å². The van der Waals surface area contributed by atoms with E-state index in [1.54, 1.807) is 25.3 Å². The summed E-state index contributed by atoms with van der Waals surface area (Å²) in [5, 5.41) is 0.721. The summed E-state index contributed by atoms with van der Waals surface area (Å²) in [5.74, 6) is -0.787. The molecule has 1 fully saturated rings. The number of carbonyl (C=O) groups excluding carboxylic acids is 1. The van der Waals surface area contributed by atoms with Gasteiger partial charge in [-0.3, -0.25) is 9.69 Å². The minimum atomic E-state index is -4.05. The van der Waals surface area contributed by atoms with Gasteiger partial charge in [0.15, 0.2) is 0 Å². The number of hydrogen-bond acceptors (Lipinski definition) is 7. The molecule has 2 heterocycles. The monoisotopic (exact) mass is 575 g/mol. The smallest absolute Gasteiger partial charge is 0.283 e. The summed E-state index contributed by atoms with van der Waals surface area (Å²) in [4.78, 5) is 21.5. The molecule has 40 heavy (non-hydrogen) atoms. The zero-order valence-electron chi connectivity index (χ0n) is 22.0. The minimum Gasteiger partial charge on any atom is -0.399 e. The van der Waals surface area contributed by atoms with Gasteiger partial charge in [0.2, 0.25) is 0 Å². The molecule has 10 heteroatoms. The molecule has 0 unspecified atom stereocenters. The second-order valence-corrected chi connectivity index (χ2v) is 11.9. The number of pyridine rings is 1. The number of benzene rings is 3. The van der Waals surface area contributed by atoms with Crippen LogP contribution < -0.4 is 15.4 Å². The predicted octanol–water partition coefficient (Wildman–Crippen LogP) is 4.73. The highest BCUT2D eigenvalue weighted by molar-refractivity contribution is 7.90. The van der Waals surface area contributed by atoms with Crippen LogP contribution in [0, 0.1) is 6.92 Å². The van der Waals surface area contributed by atoms with Gasteiger partial charge in [-0.25, -0.2) is 18.1 Å². The number of aryl methyl sites for hydroxylation is 1. The number of nitrogen functional groups attached to an aromatic ring is 1. The minimum absolute atomic E-state index is 0.0249. The lowest BCUT2D eigenvalue weighted by Crippen LogP contribution is -2.46. The zero-order valence-corrected chi connectivity index (χ0v) is 23.6. The Balaban J connectivity index is 1.19. The fraction of sp³-hybridized carbons (Fsp3) is 0.200. The van der Waals surface area contributed by atoms with E-state index >= 15 is 0 Å². The first-order valence-electron chi connectivity index (χ1n) is 12.9. The summed E-state index contributed by atoms with van der Waals surface area (Å²) in [6.45, 7) is 5.90. The summed E-state index contributed by atoms with van der Waals surface area (Å²) >= 11 is 6.08. The van der Waals surface area contributed by atoms with Crippen LogP contribution >= 0.6 is 11.6 Å². The van der Waals surface area contributed by atoms with Crippen LogP contribution in [0.3, 0.4) is 0 Å². The fourth-order valence-electron chi connectivity index (χ4n) is 4.73. The Labute approximate surface area is 239 Å². The third-order valence-corrected chi connectivity index (χ3v) is 8.64. The second-order valence-electron chi connectivity index (χ2n) is 9.78. The standard InChI is InChI=1S/C30H30ClN5O3S/c1-21-18-26(11-12-28(21)32)40(38,39)34-30(37)29-13-10-25(19-33-29)36-16-14-35(15-17-36)20-23-4-2-3-5-27(23)22-6-8-24(31)9-7-22/h2-13,18-19H,14-17,20,32H2,1H3,(H,34,37). The summed E-state index contributed by atoms with van der Waals surface area (Å²) in [5.41, 5.74) is 11.4. The van der Waals surface area contributed by atoms with E-state index in [4.69, 9.17) is 17.3 Å². The number of nitrogens with zero attached hydrogens (tertiary/aromatic N) is 3. The molecule has 0 spiro atoms. The Morgan fingerprint density at radius 1 is 0.975 bits per heavy atom. The van der Waals surface area contributed by atoms with Crippen molar-refractivity contribution in [3.63, 3.8) is 0 Å². The van der Waals surface area contributed by atoms with Gasteiger partial charge in [-0.2, -0.15) is 0 Å². The Morgan fingerprint density at radius 3 is 2.38 bits per heavy atom.